The molecule has 5 nitrogen and oxygen atoms in total. The number of carbonyl (C=O) groups is 1. The van der Waals surface area contributed by atoms with Crippen molar-refractivity contribution in [3.05, 3.63) is 35.8 Å². The highest BCUT2D eigenvalue weighted by Crippen LogP contribution is 2.22. The van der Waals surface area contributed by atoms with E-state index in [1.807, 2.05) is 0 Å². The largest absolute Gasteiger partial charge is 0.381 e. The van der Waals surface area contributed by atoms with E-state index in [1.54, 1.807) is 31.3 Å². The fourth-order valence-electron chi connectivity index (χ4n) is 3.96. The lowest BCUT2D eigenvalue weighted by atomic mass is 9.91. The van der Waals surface area contributed by atoms with E-state index >= 15 is 0 Å². The van der Waals surface area contributed by atoms with Crippen molar-refractivity contribution < 1.29 is 14.0 Å². The zero-order valence-electron chi connectivity index (χ0n) is 17.6. The minimum absolute atomic E-state index is 0.0627. The van der Waals surface area contributed by atoms with E-state index in [2.05, 4.69) is 16.9 Å². The van der Waals surface area contributed by atoms with Gasteiger partial charge in [-0.15, -0.1) is 0 Å². The van der Waals surface area contributed by atoms with Gasteiger partial charge in [0.15, 0.2) is 0 Å². The Balaban J connectivity index is 0.000000290. The number of rotatable bonds is 3. The molecule has 1 unspecified atom stereocenters. The van der Waals surface area contributed by atoms with Crippen LogP contribution in [0.2, 0.25) is 0 Å². The van der Waals surface area contributed by atoms with E-state index in [9.17, 15) is 9.28 Å². The lowest BCUT2D eigenvalue weighted by Gasteiger charge is -2.24. The number of carbonyl (C=O) groups excluding carboxylic acids is 1. The molecule has 2 fully saturated rings. The third-order valence-electron chi connectivity index (χ3n) is 5.74. The van der Waals surface area contributed by atoms with E-state index in [-0.39, 0.29) is 17.6 Å². The van der Waals surface area contributed by atoms with Gasteiger partial charge < -0.3 is 4.74 Å². The van der Waals surface area contributed by atoms with Gasteiger partial charge in [-0.25, -0.2) is 9.97 Å². The molecule has 4 rings (SSSR count). The van der Waals surface area contributed by atoms with Crippen LogP contribution >= 0.6 is 0 Å². The second kappa shape index (κ2) is 10.6. The third-order valence-corrected chi connectivity index (χ3v) is 5.74. The monoisotopic (exact) mass is 401 g/mol. The average Bonchev–Trinajstić information content (AvgIpc) is 2.74. The predicted molar refractivity (Wildman–Crippen MR) is 112 cm³/mol. The van der Waals surface area contributed by atoms with Crippen LogP contribution in [-0.4, -0.2) is 40.8 Å². The minimum Gasteiger partial charge on any atom is -0.381 e. The molecule has 1 aromatic heterocycles. The highest BCUT2D eigenvalue weighted by molar-refractivity contribution is 5.97. The van der Waals surface area contributed by atoms with Crippen LogP contribution < -0.4 is 0 Å². The lowest BCUT2D eigenvalue weighted by Crippen LogP contribution is -2.32. The van der Waals surface area contributed by atoms with Crippen LogP contribution in [-0.2, 0) is 4.74 Å². The summed E-state index contributed by atoms with van der Waals surface area (Å²) in [6, 6.07) is 4.95. The molecular formula is C23H32FN3O2. The van der Waals surface area contributed by atoms with E-state index in [4.69, 9.17) is 4.74 Å². The Hall–Kier alpha value is -2.08. The molecule has 0 radical (unpaired) electrons. The molecular weight excluding hydrogens is 369 g/mol. The topological polar surface area (TPSA) is 55.3 Å². The molecule has 0 bridgehead atoms. The molecule has 1 aliphatic carbocycles. The maximum Gasteiger partial charge on any atom is 0.281 e. The number of fused-ring (bicyclic) bond motifs is 1. The smallest absolute Gasteiger partial charge is 0.281 e. The van der Waals surface area contributed by atoms with Crippen molar-refractivity contribution in [1.29, 1.82) is 0 Å². The number of benzene rings is 1. The van der Waals surface area contributed by atoms with Crippen molar-refractivity contribution >= 4 is 16.8 Å². The van der Waals surface area contributed by atoms with Crippen LogP contribution in [0.5, 0.6) is 0 Å². The SMILES string of the molecule is CC1CCCCC1.Cc1ncc2ccc(C(=O)N(F)CC3CCCOC3)cc2n1. The highest BCUT2D eigenvalue weighted by Gasteiger charge is 2.22. The summed E-state index contributed by atoms with van der Waals surface area (Å²) >= 11 is 0. The quantitative estimate of drug-likeness (QED) is 0.657. The van der Waals surface area contributed by atoms with Gasteiger partial charge in [-0.05, 0) is 37.8 Å². The Morgan fingerprint density at radius 3 is 2.66 bits per heavy atom. The second-order valence-corrected chi connectivity index (χ2v) is 8.37. The Morgan fingerprint density at radius 2 is 2.00 bits per heavy atom. The number of aromatic nitrogens is 2. The Morgan fingerprint density at radius 1 is 1.21 bits per heavy atom. The van der Waals surface area contributed by atoms with Crippen molar-refractivity contribution in [2.24, 2.45) is 11.8 Å². The number of amides is 1. The molecule has 2 heterocycles. The first-order valence-corrected chi connectivity index (χ1v) is 10.8. The van der Waals surface area contributed by atoms with E-state index in [0.717, 1.165) is 30.8 Å². The molecule has 2 aromatic rings. The van der Waals surface area contributed by atoms with Gasteiger partial charge in [0, 0.05) is 29.7 Å². The van der Waals surface area contributed by atoms with Crippen molar-refractivity contribution in [3.63, 3.8) is 0 Å². The van der Waals surface area contributed by atoms with E-state index < -0.39 is 5.91 Å². The first kappa shape index (κ1) is 21.6. The molecule has 1 atom stereocenters. The molecule has 6 heteroatoms. The summed E-state index contributed by atoms with van der Waals surface area (Å²) in [7, 11) is 0. The molecule has 158 valence electrons. The van der Waals surface area contributed by atoms with E-state index in [0.29, 0.717) is 23.5 Å². The number of halogens is 1. The number of aryl methyl sites for hydroxylation is 1. The third kappa shape index (κ3) is 6.46. The summed E-state index contributed by atoms with van der Waals surface area (Å²) in [4.78, 5) is 20.6. The van der Waals surface area contributed by atoms with Crippen LogP contribution in [0.15, 0.2) is 24.4 Å². The summed E-state index contributed by atoms with van der Waals surface area (Å²) in [6.07, 6.45) is 10.9. The van der Waals surface area contributed by atoms with Crippen LogP contribution in [0.4, 0.5) is 4.48 Å². The summed E-state index contributed by atoms with van der Waals surface area (Å²) in [5.41, 5.74) is 0.942. The maximum absolute atomic E-state index is 14.1. The molecule has 0 spiro atoms. The van der Waals surface area contributed by atoms with Crippen molar-refractivity contribution in [2.75, 3.05) is 19.8 Å². The molecule has 1 amide bonds. The number of hydrogen-bond donors (Lipinski definition) is 0. The number of hydrogen-bond acceptors (Lipinski definition) is 4. The first-order chi connectivity index (χ1) is 14.0. The van der Waals surface area contributed by atoms with Crippen LogP contribution in [0.25, 0.3) is 10.9 Å². The van der Waals surface area contributed by atoms with Gasteiger partial charge in [0.2, 0.25) is 0 Å². The zero-order valence-corrected chi connectivity index (χ0v) is 17.6. The maximum atomic E-state index is 14.1. The van der Waals surface area contributed by atoms with Crippen LogP contribution in [0.1, 0.15) is 68.1 Å². The highest BCUT2D eigenvalue weighted by atomic mass is 19.2. The molecule has 1 saturated heterocycles. The molecule has 29 heavy (non-hydrogen) atoms. The van der Waals surface area contributed by atoms with Gasteiger partial charge in [-0.3, -0.25) is 4.79 Å². The summed E-state index contributed by atoms with van der Waals surface area (Å²) in [6.45, 7) is 5.44. The van der Waals surface area contributed by atoms with Gasteiger partial charge in [0.05, 0.1) is 18.7 Å². The van der Waals surface area contributed by atoms with Crippen LogP contribution in [0.3, 0.4) is 0 Å². The first-order valence-electron chi connectivity index (χ1n) is 10.8. The Labute approximate surface area is 172 Å². The summed E-state index contributed by atoms with van der Waals surface area (Å²) < 4.78 is 19.5. The standard InChI is InChI=1S/C16H18FN3O2.C7H14/c1-11-18-8-14-5-4-13(7-15(14)19-11)16(21)20(17)9-12-3-2-6-22-10-12;1-7-5-3-2-4-6-7/h4-5,7-8,12H,2-3,6,9-10H2,1H3;7H,2-6H2,1H3. The fraction of sp³-hybridized carbons (Fsp3) is 0.609. The number of nitrogens with zero attached hydrogens (tertiary/aromatic N) is 3. The minimum atomic E-state index is -0.635. The summed E-state index contributed by atoms with van der Waals surface area (Å²) in [5.74, 6) is 1.08. The molecule has 2 aliphatic rings. The Bertz CT molecular complexity index is 802. The number of ether oxygens (including phenoxy) is 1. The van der Waals surface area contributed by atoms with Crippen molar-refractivity contribution in [1.82, 2.24) is 15.1 Å². The summed E-state index contributed by atoms with van der Waals surface area (Å²) in [5, 5.41) is 1.11. The molecule has 0 N–H and O–H groups in total. The van der Waals surface area contributed by atoms with Crippen molar-refractivity contribution in [2.45, 2.75) is 58.8 Å². The van der Waals surface area contributed by atoms with Crippen molar-refractivity contribution in [3.8, 4) is 0 Å². The van der Waals surface area contributed by atoms with Gasteiger partial charge in [0.1, 0.15) is 5.82 Å². The fourth-order valence-corrected chi connectivity index (χ4v) is 3.96. The Kier molecular flexibility index (Phi) is 7.92. The predicted octanol–water partition coefficient (Wildman–Crippen LogP) is 5.28. The van der Waals surface area contributed by atoms with Gasteiger partial charge in [-0.1, -0.05) is 49.6 Å². The molecule has 1 aromatic carbocycles. The molecule has 1 saturated carbocycles. The van der Waals surface area contributed by atoms with Crippen LogP contribution in [0, 0.1) is 18.8 Å². The van der Waals surface area contributed by atoms with E-state index in [1.165, 1.54) is 32.1 Å². The lowest BCUT2D eigenvalue weighted by molar-refractivity contribution is -0.0152. The second-order valence-electron chi connectivity index (χ2n) is 8.37. The van der Waals surface area contributed by atoms with Gasteiger partial charge in [-0.2, -0.15) is 5.12 Å². The molecule has 1 aliphatic heterocycles. The van der Waals surface area contributed by atoms with Gasteiger partial charge in [0.25, 0.3) is 5.91 Å². The normalized spacial score (nSPS) is 20.0. The average molecular weight is 402 g/mol. The van der Waals surface area contributed by atoms with Gasteiger partial charge >= 0.3 is 0 Å². The zero-order chi connectivity index (χ0) is 20.6.